The van der Waals surface area contributed by atoms with Gasteiger partial charge in [-0.2, -0.15) is 15.3 Å². The third kappa shape index (κ3) is 1.84. The number of rotatable bonds is 3. The molecule has 0 spiro atoms. The van der Waals surface area contributed by atoms with Crippen molar-refractivity contribution in [2.45, 2.75) is 39.2 Å². The van der Waals surface area contributed by atoms with E-state index in [9.17, 15) is 0 Å². The van der Waals surface area contributed by atoms with Gasteiger partial charge in [-0.25, -0.2) is 4.68 Å². The Labute approximate surface area is 89.7 Å². The molecule has 80 valence electrons. The van der Waals surface area contributed by atoms with Crippen LogP contribution in [-0.4, -0.2) is 15.3 Å². The van der Waals surface area contributed by atoms with E-state index in [4.69, 9.17) is 0 Å². The van der Waals surface area contributed by atoms with E-state index in [0.717, 1.165) is 24.2 Å². The minimum atomic E-state index is -0.254. The molecule has 0 amide bonds. The summed E-state index contributed by atoms with van der Waals surface area (Å²) in [5.74, 6) is 0. The molecule has 2 heterocycles. The zero-order valence-corrected chi connectivity index (χ0v) is 9.44. The van der Waals surface area contributed by atoms with E-state index in [1.54, 1.807) is 6.20 Å². The molecule has 4 nitrogen and oxygen atoms in total. The van der Waals surface area contributed by atoms with Crippen LogP contribution in [0.4, 0.5) is 0 Å². The van der Waals surface area contributed by atoms with Gasteiger partial charge in [0.25, 0.3) is 0 Å². The fraction of sp³-hybridized carbons (Fsp3) is 0.545. The molecular formula is C11H16N4. The van der Waals surface area contributed by atoms with Crippen LogP contribution in [0.15, 0.2) is 28.7 Å². The average molecular weight is 204 g/mol. The standard InChI is InChI=1S/C11H16N4/c1-4-5-9-6-7-15(13-9)10-8-12-14-11(10,2)3/h6-8H,4-5H2,1-3H3. The molecule has 1 aliphatic rings. The highest BCUT2D eigenvalue weighted by atomic mass is 15.3. The Kier molecular flexibility index (Phi) is 2.42. The van der Waals surface area contributed by atoms with Gasteiger partial charge in [0, 0.05) is 6.20 Å². The van der Waals surface area contributed by atoms with Gasteiger partial charge in [0.1, 0.15) is 5.54 Å². The third-order valence-corrected chi connectivity index (χ3v) is 2.51. The molecule has 0 aliphatic carbocycles. The highest BCUT2D eigenvalue weighted by Crippen LogP contribution is 2.29. The fourth-order valence-corrected chi connectivity index (χ4v) is 1.66. The summed E-state index contributed by atoms with van der Waals surface area (Å²) in [5, 5.41) is 12.6. The zero-order valence-electron chi connectivity index (χ0n) is 9.44. The molecule has 0 saturated carbocycles. The second kappa shape index (κ2) is 3.61. The summed E-state index contributed by atoms with van der Waals surface area (Å²) in [4.78, 5) is 0. The third-order valence-electron chi connectivity index (χ3n) is 2.51. The topological polar surface area (TPSA) is 42.5 Å². The van der Waals surface area contributed by atoms with Crippen molar-refractivity contribution in [1.29, 1.82) is 0 Å². The Morgan fingerprint density at radius 1 is 1.40 bits per heavy atom. The van der Waals surface area contributed by atoms with Crippen LogP contribution < -0.4 is 0 Å². The zero-order chi connectivity index (χ0) is 10.9. The number of hydrogen-bond acceptors (Lipinski definition) is 3. The summed E-state index contributed by atoms with van der Waals surface area (Å²) >= 11 is 0. The van der Waals surface area contributed by atoms with Crippen LogP contribution in [0.1, 0.15) is 32.9 Å². The van der Waals surface area contributed by atoms with E-state index in [1.165, 1.54) is 0 Å². The number of aryl methyl sites for hydroxylation is 1. The lowest BCUT2D eigenvalue weighted by atomic mass is 10.0. The van der Waals surface area contributed by atoms with Crippen LogP contribution in [0, 0.1) is 0 Å². The Bertz CT molecular complexity index is 412. The van der Waals surface area contributed by atoms with Crippen molar-refractivity contribution in [3.8, 4) is 0 Å². The normalized spacial score (nSPS) is 18.2. The lowest BCUT2D eigenvalue weighted by Gasteiger charge is -2.16. The molecule has 0 aromatic carbocycles. The van der Waals surface area contributed by atoms with Gasteiger partial charge >= 0.3 is 0 Å². The maximum atomic E-state index is 4.51. The largest absolute Gasteiger partial charge is 0.241 e. The summed E-state index contributed by atoms with van der Waals surface area (Å²) in [7, 11) is 0. The van der Waals surface area contributed by atoms with Gasteiger partial charge in [-0.1, -0.05) is 13.3 Å². The van der Waals surface area contributed by atoms with Gasteiger partial charge in [-0.05, 0) is 26.3 Å². The van der Waals surface area contributed by atoms with Gasteiger partial charge in [0.05, 0.1) is 17.6 Å². The van der Waals surface area contributed by atoms with Crippen molar-refractivity contribution in [2.75, 3.05) is 0 Å². The van der Waals surface area contributed by atoms with E-state index in [0.29, 0.717) is 0 Å². The first kappa shape index (κ1) is 10.1. The first-order valence-electron chi connectivity index (χ1n) is 5.31. The average Bonchev–Trinajstić information content (AvgIpc) is 2.72. The second-order valence-electron chi connectivity index (χ2n) is 4.29. The van der Waals surface area contributed by atoms with Crippen molar-refractivity contribution in [2.24, 2.45) is 10.2 Å². The molecule has 0 bridgehead atoms. The quantitative estimate of drug-likeness (QED) is 0.746. The molecule has 15 heavy (non-hydrogen) atoms. The highest BCUT2D eigenvalue weighted by Gasteiger charge is 2.28. The van der Waals surface area contributed by atoms with Crippen LogP contribution in [0.3, 0.4) is 0 Å². The summed E-state index contributed by atoms with van der Waals surface area (Å²) in [6, 6.07) is 2.05. The van der Waals surface area contributed by atoms with E-state index < -0.39 is 0 Å². The van der Waals surface area contributed by atoms with Crippen molar-refractivity contribution < 1.29 is 0 Å². The maximum Gasteiger partial charge on any atom is 0.120 e. The van der Waals surface area contributed by atoms with Crippen LogP contribution in [-0.2, 0) is 6.42 Å². The monoisotopic (exact) mass is 204 g/mol. The first-order valence-corrected chi connectivity index (χ1v) is 5.31. The van der Waals surface area contributed by atoms with Gasteiger partial charge in [0.2, 0.25) is 0 Å². The number of nitrogens with zero attached hydrogens (tertiary/aromatic N) is 4. The van der Waals surface area contributed by atoms with Gasteiger partial charge < -0.3 is 0 Å². The van der Waals surface area contributed by atoms with Gasteiger partial charge in [-0.3, -0.25) is 0 Å². The summed E-state index contributed by atoms with van der Waals surface area (Å²) in [5.41, 5.74) is 1.90. The van der Waals surface area contributed by atoms with Crippen molar-refractivity contribution in [3.63, 3.8) is 0 Å². The minimum absolute atomic E-state index is 0.254. The summed E-state index contributed by atoms with van der Waals surface area (Å²) < 4.78 is 1.88. The number of hydrogen-bond donors (Lipinski definition) is 0. The molecule has 0 atom stereocenters. The van der Waals surface area contributed by atoms with Crippen LogP contribution in [0.2, 0.25) is 0 Å². The molecule has 1 aliphatic heterocycles. The van der Waals surface area contributed by atoms with Gasteiger partial charge in [-0.15, -0.1) is 0 Å². The second-order valence-corrected chi connectivity index (χ2v) is 4.29. The fourth-order valence-electron chi connectivity index (χ4n) is 1.66. The van der Waals surface area contributed by atoms with Crippen molar-refractivity contribution >= 4 is 5.70 Å². The van der Waals surface area contributed by atoms with Gasteiger partial charge in [0.15, 0.2) is 0 Å². The Hall–Kier alpha value is -1.45. The van der Waals surface area contributed by atoms with E-state index in [2.05, 4.69) is 28.3 Å². The maximum absolute atomic E-state index is 4.51. The Morgan fingerprint density at radius 3 is 2.80 bits per heavy atom. The SMILES string of the molecule is CCCc1ccn(C2=CN=NC2(C)C)n1. The molecule has 4 heteroatoms. The molecule has 0 unspecified atom stereocenters. The van der Waals surface area contributed by atoms with E-state index in [1.807, 2.05) is 24.7 Å². The highest BCUT2D eigenvalue weighted by molar-refractivity contribution is 5.56. The molecule has 0 saturated heterocycles. The smallest absolute Gasteiger partial charge is 0.120 e. The lowest BCUT2D eigenvalue weighted by molar-refractivity contribution is 0.616. The molecular weight excluding hydrogens is 188 g/mol. The van der Waals surface area contributed by atoms with Crippen LogP contribution in [0.25, 0.3) is 5.70 Å². The Morgan fingerprint density at radius 2 is 2.20 bits per heavy atom. The molecule has 2 rings (SSSR count). The first-order chi connectivity index (χ1) is 7.13. The molecule has 0 N–H and O–H groups in total. The van der Waals surface area contributed by atoms with Crippen molar-refractivity contribution in [1.82, 2.24) is 9.78 Å². The molecule has 0 radical (unpaired) electrons. The predicted molar refractivity (Wildman–Crippen MR) is 59.4 cm³/mol. The summed E-state index contributed by atoms with van der Waals surface area (Å²) in [6.07, 6.45) is 5.90. The van der Waals surface area contributed by atoms with E-state index >= 15 is 0 Å². The molecule has 0 fully saturated rings. The number of azo groups is 1. The predicted octanol–water partition coefficient (Wildman–Crippen LogP) is 2.88. The van der Waals surface area contributed by atoms with Crippen molar-refractivity contribution in [3.05, 3.63) is 24.2 Å². The molecule has 1 aromatic heterocycles. The Balaban J connectivity index is 2.24. The minimum Gasteiger partial charge on any atom is -0.241 e. The molecule has 1 aromatic rings. The van der Waals surface area contributed by atoms with E-state index in [-0.39, 0.29) is 5.54 Å². The number of aromatic nitrogens is 2. The van der Waals surface area contributed by atoms with Crippen LogP contribution >= 0.6 is 0 Å². The van der Waals surface area contributed by atoms with Crippen LogP contribution in [0.5, 0.6) is 0 Å². The lowest BCUT2D eigenvalue weighted by Crippen LogP contribution is -2.20. The summed E-state index contributed by atoms with van der Waals surface area (Å²) in [6.45, 7) is 6.23.